The highest BCUT2D eigenvalue weighted by Crippen LogP contribution is 2.11. The molecule has 98 valence electrons. The minimum atomic E-state index is -0.658. The van der Waals surface area contributed by atoms with Crippen molar-refractivity contribution < 1.29 is 14.6 Å². The van der Waals surface area contributed by atoms with Crippen LogP contribution in [-0.4, -0.2) is 42.5 Å². The molecule has 1 aliphatic heterocycles. The third-order valence-electron chi connectivity index (χ3n) is 2.85. The van der Waals surface area contributed by atoms with Gasteiger partial charge in [-0.25, -0.2) is 4.79 Å². The van der Waals surface area contributed by atoms with Crippen LogP contribution in [0.4, 0.5) is 10.5 Å². The van der Waals surface area contributed by atoms with Gasteiger partial charge in [-0.3, -0.25) is 0 Å². The lowest BCUT2D eigenvalue weighted by Crippen LogP contribution is -2.45. The fourth-order valence-electron chi connectivity index (χ4n) is 1.78. The Kier molecular flexibility index (Phi) is 4.14. The predicted octanol–water partition coefficient (Wildman–Crippen LogP) is -0.105. The summed E-state index contributed by atoms with van der Waals surface area (Å²) >= 11 is 0. The maximum absolute atomic E-state index is 11.6. The Balaban J connectivity index is 1.76. The molecule has 0 saturated carbocycles. The molecular weight excluding hydrogens is 234 g/mol. The first kappa shape index (κ1) is 12.8. The SMILES string of the molecule is N[C@@H]1[C@@H](O)CO[C@@H]1CNC(=O)Nc1ccccc1. The van der Waals surface area contributed by atoms with Crippen LogP contribution >= 0.6 is 0 Å². The molecule has 18 heavy (non-hydrogen) atoms. The van der Waals surface area contributed by atoms with Gasteiger partial charge in [-0.1, -0.05) is 18.2 Å². The number of aliphatic hydroxyl groups excluding tert-OH is 1. The average Bonchev–Trinajstić information content (AvgIpc) is 2.69. The number of para-hydroxylation sites is 1. The van der Waals surface area contributed by atoms with E-state index in [2.05, 4.69) is 10.6 Å². The number of nitrogens with one attached hydrogen (secondary N) is 2. The molecule has 0 radical (unpaired) electrons. The van der Waals surface area contributed by atoms with Crippen LogP contribution in [0, 0.1) is 0 Å². The third-order valence-corrected chi connectivity index (χ3v) is 2.85. The molecule has 2 rings (SSSR count). The normalized spacial score (nSPS) is 26.9. The molecule has 0 aromatic heterocycles. The van der Waals surface area contributed by atoms with E-state index < -0.39 is 12.1 Å². The molecule has 0 bridgehead atoms. The van der Waals surface area contributed by atoms with Gasteiger partial charge >= 0.3 is 6.03 Å². The second-order valence-electron chi connectivity index (χ2n) is 4.22. The quantitative estimate of drug-likeness (QED) is 0.603. The van der Waals surface area contributed by atoms with E-state index in [4.69, 9.17) is 10.5 Å². The summed E-state index contributed by atoms with van der Waals surface area (Å²) in [6.07, 6.45) is -1.00. The minimum Gasteiger partial charge on any atom is -0.389 e. The highest BCUT2D eigenvalue weighted by atomic mass is 16.5. The summed E-state index contributed by atoms with van der Waals surface area (Å²) in [5.74, 6) is 0. The molecule has 3 atom stereocenters. The van der Waals surface area contributed by atoms with Gasteiger partial charge in [-0.2, -0.15) is 0 Å². The lowest BCUT2D eigenvalue weighted by molar-refractivity contribution is 0.0890. The first-order chi connectivity index (χ1) is 8.66. The Morgan fingerprint density at radius 3 is 2.78 bits per heavy atom. The summed E-state index contributed by atoms with van der Waals surface area (Å²) in [5.41, 5.74) is 6.43. The molecule has 1 fully saturated rings. The fourth-order valence-corrected chi connectivity index (χ4v) is 1.78. The molecule has 1 aromatic rings. The van der Waals surface area contributed by atoms with Gasteiger partial charge in [-0.15, -0.1) is 0 Å². The zero-order chi connectivity index (χ0) is 13.0. The number of aliphatic hydroxyl groups is 1. The average molecular weight is 251 g/mol. The number of nitrogens with two attached hydrogens (primary N) is 1. The van der Waals surface area contributed by atoms with E-state index in [1.165, 1.54) is 0 Å². The molecular formula is C12H17N3O3. The molecule has 6 heteroatoms. The van der Waals surface area contributed by atoms with E-state index in [1.54, 1.807) is 12.1 Å². The van der Waals surface area contributed by atoms with Crippen LogP contribution in [0.3, 0.4) is 0 Å². The van der Waals surface area contributed by atoms with Crippen LogP contribution in [0.15, 0.2) is 30.3 Å². The number of rotatable bonds is 3. The minimum absolute atomic E-state index is 0.216. The molecule has 5 N–H and O–H groups in total. The molecule has 1 saturated heterocycles. The second-order valence-corrected chi connectivity index (χ2v) is 4.22. The Hall–Kier alpha value is -1.63. The number of urea groups is 1. The van der Waals surface area contributed by atoms with Crippen LogP contribution in [0.2, 0.25) is 0 Å². The van der Waals surface area contributed by atoms with E-state index in [0.29, 0.717) is 5.69 Å². The molecule has 0 unspecified atom stereocenters. The van der Waals surface area contributed by atoms with Crippen molar-refractivity contribution in [2.45, 2.75) is 18.2 Å². The van der Waals surface area contributed by atoms with Crippen molar-refractivity contribution in [3.63, 3.8) is 0 Å². The zero-order valence-corrected chi connectivity index (χ0v) is 9.87. The molecule has 2 amide bonds. The van der Waals surface area contributed by atoms with Gasteiger partial charge in [0, 0.05) is 12.2 Å². The number of amides is 2. The number of ether oxygens (including phenoxy) is 1. The molecule has 0 spiro atoms. The number of hydrogen-bond donors (Lipinski definition) is 4. The smallest absolute Gasteiger partial charge is 0.319 e. The van der Waals surface area contributed by atoms with Crippen LogP contribution in [0.5, 0.6) is 0 Å². The summed E-state index contributed by atoms with van der Waals surface area (Å²) in [7, 11) is 0. The Bertz CT molecular complexity index is 399. The van der Waals surface area contributed by atoms with Crippen LogP contribution < -0.4 is 16.4 Å². The Morgan fingerprint density at radius 1 is 1.44 bits per heavy atom. The van der Waals surface area contributed by atoms with Gasteiger partial charge in [0.05, 0.1) is 24.9 Å². The zero-order valence-electron chi connectivity index (χ0n) is 9.87. The van der Waals surface area contributed by atoms with E-state index in [-0.39, 0.29) is 25.3 Å². The molecule has 1 heterocycles. The van der Waals surface area contributed by atoms with Gasteiger partial charge in [0.15, 0.2) is 0 Å². The van der Waals surface area contributed by atoms with E-state index in [0.717, 1.165) is 0 Å². The van der Waals surface area contributed by atoms with Crippen molar-refractivity contribution in [2.75, 3.05) is 18.5 Å². The van der Waals surface area contributed by atoms with Crippen molar-refractivity contribution in [1.29, 1.82) is 0 Å². The number of anilines is 1. The van der Waals surface area contributed by atoms with E-state index in [1.807, 2.05) is 18.2 Å². The summed E-state index contributed by atoms with van der Waals surface area (Å²) < 4.78 is 5.26. The summed E-state index contributed by atoms with van der Waals surface area (Å²) in [5, 5.41) is 14.7. The standard InChI is InChI=1S/C12H17N3O3/c13-11-9(16)7-18-10(11)6-14-12(17)15-8-4-2-1-3-5-8/h1-5,9-11,16H,6-7,13H2,(H2,14,15,17)/t9-,10+,11+/m0/s1. The van der Waals surface area contributed by atoms with E-state index >= 15 is 0 Å². The fraction of sp³-hybridized carbons (Fsp3) is 0.417. The molecule has 0 aliphatic carbocycles. The third kappa shape index (κ3) is 3.19. The second kappa shape index (κ2) is 5.81. The van der Waals surface area contributed by atoms with Crippen molar-refractivity contribution in [3.8, 4) is 0 Å². The van der Waals surface area contributed by atoms with Gasteiger partial charge < -0.3 is 26.2 Å². The number of carbonyl (C=O) groups excluding carboxylic acids is 1. The monoisotopic (exact) mass is 251 g/mol. The topological polar surface area (TPSA) is 96.6 Å². The highest BCUT2D eigenvalue weighted by Gasteiger charge is 2.33. The van der Waals surface area contributed by atoms with E-state index in [9.17, 15) is 9.90 Å². The van der Waals surface area contributed by atoms with Crippen LogP contribution in [0.1, 0.15) is 0 Å². The first-order valence-corrected chi connectivity index (χ1v) is 5.82. The molecule has 6 nitrogen and oxygen atoms in total. The number of carbonyl (C=O) groups is 1. The largest absolute Gasteiger partial charge is 0.389 e. The number of benzene rings is 1. The predicted molar refractivity (Wildman–Crippen MR) is 67.2 cm³/mol. The lowest BCUT2D eigenvalue weighted by atomic mass is 10.1. The van der Waals surface area contributed by atoms with Gasteiger partial charge in [-0.05, 0) is 12.1 Å². The Morgan fingerprint density at radius 2 is 2.17 bits per heavy atom. The summed E-state index contributed by atoms with van der Waals surface area (Å²) in [6.45, 7) is 0.491. The molecule has 1 aliphatic rings. The maximum Gasteiger partial charge on any atom is 0.319 e. The van der Waals surface area contributed by atoms with Crippen molar-refractivity contribution in [1.82, 2.24) is 5.32 Å². The van der Waals surface area contributed by atoms with Crippen molar-refractivity contribution in [2.24, 2.45) is 5.73 Å². The van der Waals surface area contributed by atoms with Gasteiger partial charge in [0.2, 0.25) is 0 Å². The summed E-state index contributed by atoms with van der Waals surface area (Å²) in [6, 6.07) is 8.35. The van der Waals surface area contributed by atoms with Crippen molar-refractivity contribution in [3.05, 3.63) is 30.3 Å². The Labute approximate surface area is 105 Å². The molecule has 1 aromatic carbocycles. The lowest BCUT2D eigenvalue weighted by Gasteiger charge is -2.16. The highest BCUT2D eigenvalue weighted by molar-refractivity contribution is 5.89. The summed E-state index contributed by atoms with van der Waals surface area (Å²) in [4.78, 5) is 11.6. The van der Waals surface area contributed by atoms with Gasteiger partial charge in [0.1, 0.15) is 0 Å². The van der Waals surface area contributed by atoms with Gasteiger partial charge in [0.25, 0.3) is 0 Å². The van der Waals surface area contributed by atoms with Crippen LogP contribution in [0.25, 0.3) is 0 Å². The van der Waals surface area contributed by atoms with Crippen molar-refractivity contribution >= 4 is 11.7 Å². The van der Waals surface area contributed by atoms with Crippen LogP contribution in [-0.2, 0) is 4.74 Å². The number of hydrogen-bond acceptors (Lipinski definition) is 4. The maximum atomic E-state index is 11.6. The first-order valence-electron chi connectivity index (χ1n) is 5.82.